The van der Waals surface area contributed by atoms with Crippen LogP contribution in [0, 0.1) is 13.8 Å². The van der Waals surface area contributed by atoms with Gasteiger partial charge in [-0.05, 0) is 35.3 Å². The number of H-pyrrole nitrogens is 1. The number of halogens is 4. The molecule has 0 saturated carbocycles. The van der Waals surface area contributed by atoms with Crippen molar-refractivity contribution in [2.24, 2.45) is 0 Å². The van der Waals surface area contributed by atoms with Crippen LogP contribution in [0.5, 0.6) is 0 Å². The summed E-state index contributed by atoms with van der Waals surface area (Å²) in [5, 5.41) is 0. The number of carbonyl (C=O) groups excluding carboxylic acids is 1. The van der Waals surface area contributed by atoms with Crippen molar-refractivity contribution < 1.29 is 4.79 Å². The molecule has 0 spiro atoms. The van der Waals surface area contributed by atoms with Gasteiger partial charge in [0.15, 0.2) is 0 Å². The minimum atomic E-state index is -1.92. The third-order valence-corrected chi connectivity index (χ3v) is 3.53. The lowest BCUT2D eigenvalue weighted by Gasteiger charge is -2.08. The lowest BCUT2D eigenvalue weighted by molar-refractivity contribution is 0.0991. The maximum atomic E-state index is 11.6. The first-order valence-corrected chi connectivity index (χ1v) is 5.64. The summed E-state index contributed by atoms with van der Waals surface area (Å²) < 4.78 is -1.09. The van der Waals surface area contributed by atoms with E-state index in [0.717, 1.165) is 15.7 Å². The third-order valence-electron chi connectivity index (χ3n) is 1.83. The van der Waals surface area contributed by atoms with Gasteiger partial charge in [-0.3, -0.25) is 4.79 Å². The Morgan fingerprint density at radius 1 is 1.36 bits per heavy atom. The lowest BCUT2D eigenvalue weighted by Crippen LogP contribution is -2.20. The fraction of sp³-hybridized carbons (Fsp3) is 0.375. The average molecular weight is 319 g/mol. The van der Waals surface area contributed by atoms with E-state index in [0.29, 0.717) is 5.69 Å². The Morgan fingerprint density at radius 2 is 1.86 bits per heavy atom. The molecule has 0 saturated heterocycles. The van der Waals surface area contributed by atoms with Crippen LogP contribution in [0.1, 0.15) is 21.7 Å². The van der Waals surface area contributed by atoms with Crippen LogP contribution in [-0.2, 0) is 0 Å². The van der Waals surface area contributed by atoms with E-state index in [4.69, 9.17) is 34.8 Å². The van der Waals surface area contributed by atoms with Crippen LogP contribution >= 0.6 is 50.7 Å². The van der Waals surface area contributed by atoms with Gasteiger partial charge in [-0.1, -0.05) is 34.8 Å². The zero-order valence-electron chi connectivity index (χ0n) is 7.42. The van der Waals surface area contributed by atoms with Crippen LogP contribution in [0.2, 0.25) is 0 Å². The smallest absolute Gasteiger partial charge is 0.255 e. The Bertz CT molecular complexity index is 381. The molecule has 0 bridgehead atoms. The van der Waals surface area contributed by atoms with Crippen molar-refractivity contribution in [2.75, 3.05) is 0 Å². The molecule has 0 radical (unpaired) electrons. The van der Waals surface area contributed by atoms with Gasteiger partial charge in [0, 0.05) is 10.2 Å². The van der Waals surface area contributed by atoms with E-state index in [2.05, 4.69) is 20.9 Å². The highest BCUT2D eigenvalue weighted by atomic mass is 79.9. The maximum absolute atomic E-state index is 11.6. The van der Waals surface area contributed by atoms with Crippen LogP contribution in [-0.4, -0.2) is 14.6 Å². The fourth-order valence-electron chi connectivity index (χ4n) is 1.10. The molecule has 1 aromatic rings. The molecular weight excluding hydrogens is 312 g/mol. The first-order chi connectivity index (χ1) is 6.25. The van der Waals surface area contributed by atoms with E-state index in [1.54, 1.807) is 6.92 Å². The Labute approximate surface area is 105 Å². The van der Waals surface area contributed by atoms with E-state index in [1.807, 2.05) is 6.92 Å². The van der Waals surface area contributed by atoms with Crippen molar-refractivity contribution in [3.8, 4) is 0 Å². The zero-order valence-corrected chi connectivity index (χ0v) is 11.3. The topological polar surface area (TPSA) is 32.9 Å². The summed E-state index contributed by atoms with van der Waals surface area (Å²) >= 11 is 19.8. The summed E-state index contributed by atoms with van der Waals surface area (Å²) in [5.74, 6) is -0.547. The third kappa shape index (κ3) is 2.27. The van der Waals surface area contributed by atoms with E-state index >= 15 is 0 Å². The molecule has 0 aliphatic rings. The van der Waals surface area contributed by atoms with Gasteiger partial charge in [-0.2, -0.15) is 0 Å². The number of aromatic amines is 1. The summed E-state index contributed by atoms with van der Waals surface area (Å²) in [4.78, 5) is 14.5. The second-order valence-electron chi connectivity index (χ2n) is 2.89. The predicted octanol–water partition coefficient (Wildman–Crippen LogP) is 3.95. The number of alkyl halides is 3. The molecule has 0 atom stereocenters. The van der Waals surface area contributed by atoms with Gasteiger partial charge in [0.2, 0.25) is 5.78 Å². The monoisotopic (exact) mass is 317 g/mol. The number of hydrogen-bond acceptors (Lipinski definition) is 1. The zero-order chi connectivity index (χ0) is 11.1. The van der Waals surface area contributed by atoms with Crippen LogP contribution in [0.15, 0.2) is 4.47 Å². The summed E-state index contributed by atoms with van der Waals surface area (Å²) in [6, 6.07) is 0. The molecule has 0 aliphatic heterocycles. The molecule has 78 valence electrons. The number of aryl methyl sites for hydroxylation is 1. The molecule has 14 heavy (non-hydrogen) atoms. The largest absolute Gasteiger partial charge is 0.355 e. The fourth-order valence-corrected chi connectivity index (χ4v) is 1.68. The maximum Gasteiger partial charge on any atom is 0.255 e. The number of hydrogen-bond donors (Lipinski definition) is 1. The molecule has 0 amide bonds. The quantitative estimate of drug-likeness (QED) is 0.617. The molecule has 1 N–H and O–H groups in total. The predicted molar refractivity (Wildman–Crippen MR) is 62.6 cm³/mol. The molecule has 6 heteroatoms. The van der Waals surface area contributed by atoms with Gasteiger partial charge >= 0.3 is 0 Å². The van der Waals surface area contributed by atoms with Gasteiger partial charge in [0.05, 0.1) is 5.69 Å². The van der Waals surface area contributed by atoms with Crippen molar-refractivity contribution in [3.05, 3.63) is 21.4 Å². The lowest BCUT2D eigenvalue weighted by atomic mass is 10.2. The number of Topliss-reactive ketones (excluding diaryl/α,β-unsaturated/α-hetero) is 1. The van der Waals surface area contributed by atoms with Crippen LogP contribution in [0.3, 0.4) is 0 Å². The summed E-state index contributed by atoms with van der Waals surface area (Å²) in [5.41, 5.74) is 1.91. The van der Waals surface area contributed by atoms with E-state index in [9.17, 15) is 4.79 Å². The Hall–Kier alpha value is 0.300. The van der Waals surface area contributed by atoms with Crippen molar-refractivity contribution in [1.29, 1.82) is 0 Å². The molecule has 0 aliphatic carbocycles. The molecular formula is C8H7BrCl3NO. The highest BCUT2D eigenvalue weighted by Gasteiger charge is 2.34. The Kier molecular flexibility index (Phi) is 3.58. The minimum Gasteiger partial charge on any atom is -0.355 e. The first-order valence-electron chi connectivity index (χ1n) is 3.71. The van der Waals surface area contributed by atoms with Crippen LogP contribution in [0.4, 0.5) is 0 Å². The van der Waals surface area contributed by atoms with Crippen molar-refractivity contribution in [2.45, 2.75) is 17.6 Å². The van der Waals surface area contributed by atoms with Crippen LogP contribution < -0.4 is 0 Å². The minimum absolute atomic E-state index is 0.328. The number of carbonyl (C=O) groups is 1. The molecule has 1 heterocycles. The number of aromatic nitrogens is 1. The van der Waals surface area contributed by atoms with Crippen molar-refractivity contribution >= 4 is 56.5 Å². The summed E-state index contributed by atoms with van der Waals surface area (Å²) in [6.45, 7) is 3.60. The first kappa shape index (κ1) is 12.4. The van der Waals surface area contributed by atoms with Gasteiger partial charge in [0.25, 0.3) is 3.79 Å². The molecule has 0 unspecified atom stereocenters. The van der Waals surface area contributed by atoms with Gasteiger partial charge in [0.1, 0.15) is 0 Å². The number of nitrogens with one attached hydrogen (secondary N) is 1. The van der Waals surface area contributed by atoms with Gasteiger partial charge in [-0.25, -0.2) is 0 Å². The molecule has 0 fully saturated rings. The van der Waals surface area contributed by atoms with Crippen LogP contribution in [0.25, 0.3) is 0 Å². The molecule has 1 rings (SSSR count). The highest BCUT2D eigenvalue weighted by Crippen LogP contribution is 2.33. The highest BCUT2D eigenvalue weighted by molar-refractivity contribution is 9.10. The normalized spacial score (nSPS) is 11.9. The number of ketones is 1. The molecule has 0 aromatic carbocycles. The summed E-state index contributed by atoms with van der Waals surface area (Å²) in [7, 11) is 0. The number of rotatable bonds is 1. The van der Waals surface area contributed by atoms with E-state index in [-0.39, 0.29) is 0 Å². The molecule has 1 aromatic heterocycles. The second-order valence-corrected chi connectivity index (χ2v) is 5.97. The SMILES string of the molecule is Cc1[nH]c(C(=O)C(Cl)(Cl)Cl)c(C)c1Br. The molecule has 2 nitrogen and oxygen atoms in total. The standard InChI is InChI=1S/C8H7BrCl3NO/c1-3-5(9)4(2)13-6(3)7(14)8(10,11)12/h13H,1-2H3. The van der Waals surface area contributed by atoms with E-state index in [1.165, 1.54) is 0 Å². The Balaban J connectivity index is 3.22. The van der Waals surface area contributed by atoms with Crippen molar-refractivity contribution in [3.63, 3.8) is 0 Å². The Morgan fingerprint density at radius 3 is 2.14 bits per heavy atom. The van der Waals surface area contributed by atoms with E-state index < -0.39 is 9.58 Å². The summed E-state index contributed by atoms with van der Waals surface area (Å²) in [6.07, 6.45) is 0. The van der Waals surface area contributed by atoms with Gasteiger partial charge in [-0.15, -0.1) is 0 Å². The average Bonchev–Trinajstić information content (AvgIpc) is 2.30. The van der Waals surface area contributed by atoms with Crippen molar-refractivity contribution in [1.82, 2.24) is 4.98 Å². The second kappa shape index (κ2) is 4.05. The van der Waals surface area contributed by atoms with Gasteiger partial charge < -0.3 is 4.98 Å².